The summed E-state index contributed by atoms with van der Waals surface area (Å²) >= 11 is 0. The molecule has 1 rings (SSSR count). The number of nitriles is 1. The second-order valence-electron chi connectivity index (χ2n) is 2.80. The number of nitrogens with one attached hydrogen (secondary N) is 1. The molecule has 1 aromatic rings. The Morgan fingerprint density at radius 1 is 1.62 bits per heavy atom. The highest BCUT2D eigenvalue weighted by Crippen LogP contribution is 2.21. The van der Waals surface area contributed by atoms with Gasteiger partial charge in [0.1, 0.15) is 12.2 Å². The number of nitro groups is 1. The van der Waals surface area contributed by atoms with Crippen molar-refractivity contribution in [2.75, 3.05) is 5.32 Å². The van der Waals surface area contributed by atoms with E-state index in [0.29, 0.717) is 0 Å². The van der Waals surface area contributed by atoms with E-state index >= 15 is 0 Å². The lowest BCUT2D eigenvalue weighted by atomic mass is 10.2. The molecule has 0 fully saturated rings. The second-order valence-corrected chi connectivity index (χ2v) is 2.80. The van der Waals surface area contributed by atoms with Gasteiger partial charge in [-0.25, -0.2) is 4.39 Å². The summed E-state index contributed by atoms with van der Waals surface area (Å²) in [4.78, 5) is 20.7. The number of benzene rings is 1. The number of halogens is 1. The molecule has 0 spiro atoms. The van der Waals surface area contributed by atoms with Crippen molar-refractivity contribution < 1.29 is 14.1 Å². The number of carbonyl (C=O) groups is 1. The van der Waals surface area contributed by atoms with Gasteiger partial charge in [-0.2, -0.15) is 5.26 Å². The fraction of sp³-hybridized carbons (Fsp3) is 0.111. The highest BCUT2D eigenvalue weighted by Gasteiger charge is 2.12. The molecule has 0 saturated heterocycles. The van der Waals surface area contributed by atoms with Gasteiger partial charge in [-0.3, -0.25) is 14.9 Å². The average molecular weight is 223 g/mol. The van der Waals surface area contributed by atoms with E-state index in [-0.39, 0.29) is 11.4 Å². The normalized spacial score (nSPS) is 9.25. The molecule has 0 atom stereocenters. The summed E-state index contributed by atoms with van der Waals surface area (Å²) in [5, 5.41) is 20.7. The van der Waals surface area contributed by atoms with Crippen molar-refractivity contribution in [3.63, 3.8) is 0 Å². The zero-order chi connectivity index (χ0) is 12.1. The van der Waals surface area contributed by atoms with Gasteiger partial charge in [0, 0.05) is 12.1 Å². The summed E-state index contributed by atoms with van der Waals surface area (Å²) in [5.74, 6) is -1.52. The van der Waals surface area contributed by atoms with Gasteiger partial charge in [-0.1, -0.05) is 0 Å². The Morgan fingerprint density at radius 2 is 2.31 bits per heavy atom. The van der Waals surface area contributed by atoms with Gasteiger partial charge in [0.2, 0.25) is 5.91 Å². The Morgan fingerprint density at radius 3 is 2.88 bits per heavy atom. The number of hydrogen-bond acceptors (Lipinski definition) is 4. The van der Waals surface area contributed by atoms with E-state index < -0.39 is 23.1 Å². The van der Waals surface area contributed by atoms with Crippen LogP contribution in [-0.4, -0.2) is 10.8 Å². The summed E-state index contributed by atoms with van der Waals surface area (Å²) in [6.45, 7) is 0. The molecular weight excluding hydrogens is 217 g/mol. The van der Waals surface area contributed by atoms with Crippen molar-refractivity contribution in [3.05, 3.63) is 34.1 Å². The first-order valence-electron chi connectivity index (χ1n) is 4.15. The molecule has 0 aromatic heterocycles. The summed E-state index contributed by atoms with van der Waals surface area (Å²) in [5.41, 5.74) is -0.650. The molecule has 6 nitrogen and oxygen atoms in total. The fourth-order valence-electron chi connectivity index (χ4n) is 0.989. The average Bonchev–Trinajstić information content (AvgIpc) is 2.21. The lowest BCUT2D eigenvalue weighted by Gasteiger charge is -2.03. The third-order valence-corrected chi connectivity index (χ3v) is 1.67. The Kier molecular flexibility index (Phi) is 3.50. The van der Waals surface area contributed by atoms with Crippen molar-refractivity contribution in [2.24, 2.45) is 0 Å². The van der Waals surface area contributed by atoms with E-state index in [2.05, 4.69) is 5.32 Å². The van der Waals surface area contributed by atoms with Crippen LogP contribution < -0.4 is 5.32 Å². The molecule has 0 radical (unpaired) electrons. The van der Waals surface area contributed by atoms with Crippen molar-refractivity contribution in [1.82, 2.24) is 0 Å². The Bertz CT molecular complexity index is 481. The molecule has 0 aliphatic rings. The zero-order valence-electron chi connectivity index (χ0n) is 7.94. The molecule has 0 saturated carbocycles. The topological polar surface area (TPSA) is 96.0 Å². The number of rotatable bonds is 3. The Hall–Kier alpha value is -2.49. The van der Waals surface area contributed by atoms with Crippen LogP contribution in [0.25, 0.3) is 0 Å². The van der Waals surface area contributed by atoms with E-state index in [1.54, 1.807) is 6.07 Å². The third kappa shape index (κ3) is 2.75. The molecule has 0 bridgehead atoms. The molecule has 7 heteroatoms. The molecule has 82 valence electrons. The smallest absolute Gasteiger partial charge is 0.271 e. The first-order chi connectivity index (χ1) is 7.54. The monoisotopic (exact) mass is 223 g/mol. The standard InChI is InChI=1S/C9H6FN3O3/c10-7-2-1-6(13(15)16)5-8(7)12-9(14)3-4-11/h1-2,5H,3H2,(H,12,14). The van der Waals surface area contributed by atoms with Crippen LogP contribution in [0.2, 0.25) is 0 Å². The van der Waals surface area contributed by atoms with E-state index in [4.69, 9.17) is 5.26 Å². The lowest BCUT2D eigenvalue weighted by molar-refractivity contribution is -0.384. The summed E-state index contributed by atoms with van der Waals surface area (Å²) in [6.07, 6.45) is -0.442. The number of carbonyl (C=O) groups excluding carboxylic acids is 1. The summed E-state index contributed by atoms with van der Waals surface area (Å²) < 4.78 is 13.1. The van der Waals surface area contributed by atoms with Gasteiger partial charge in [-0.15, -0.1) is 0 Å². The SMILES string of the molecule is N#CCC(=O)Nc1cc([N+](=O)[O-])ccc1F. The molecule has 0 heterocycles. The quantitative estimate of drug-likeness (QED) is 0.621. The largest absolute Gasteiger partial charge is 0.322 e. The van der Waals surface area contributed by atoms with Crippen LogP contribution in [0.3, 0.4) is 0 Å². The maximum Gasteiger partial charge on any atom is 0.271 e. The van der Waals surface area contributed by atoms with Crippen LogP contribution in [0, 0.1) is 27.3 Å². The minimum atomic E-state index is -0.795. The first-order valence-corrected chi connectivity index (χ1v) is 4.15. The molecule has 1 aromatic carbocycles. The number of anilines is 1. The van der Waals surface area contributed by atoms with Crippen LogP contribution in [0.1, 0.15) is 6.42 Å². The van der Waals surface area contributed by atoms with Gasteiger partial charge in [0.05, 0.1) is 16.7 Å². The molecule has 16 heavy (non-hydrogen) atoms. The minimum absolute atomic E-state index is 0.311. The molecule has 0 aliphatic carbocycles. The summed E-state index contributed by atoms with van der Waals surface area (Å²) in [7, 11) is 0. The van der Waals surface area contributed by atoms with Crippen LogP contribution in [0.4, 0.5) is 15.8 Å². The van der Waals surface area contributed by atoms with Gasteiger partial charge in [-0.05, 0) is 6.07 Å². The van der Waals surface area contributed by atoms with Crippen LogP contribution in [0.15, 0.2) is 18.2 Å². The van der Waals surface area contributed by atoms with Crippen molar-refractivity contribution in [2.45, 2.75) is 6.42 Å². The number of nitro benzene ring substituents is 1. The van der Waals surface area contributed by atoms with E-state index in [1.165, 1.54) is 0 Å². The number of amides is 1. The van der Waals surface area contributed by atoms with E-state index in [9.17, 15) is 19.3 Å². The van der Waals surface area contributed by atoms with Crippen molar-refractivity contribution in [1.29, 1.82) is 5.26 Å². The number of nitrogens with zero attached hydrogens (tertiary/aromatic N) is 2. The number of hydrogen-bond donors (Lipinski definition) is 1. The Labute approximate surface area is 89.4 Å². The third-order valence-electron chi connectivity index (χ3n) is 1.67. The molecule has 0 aliphatic heterocycles. The van der Waals surface area contributed by atoms with Crippen LogP contribution in [0.5, 0.6) is 0 Å². The lowest BCUT2D eigenvalue weighted by Crippen LogP contribution is -2.11. The molecule has 0 unspecified atom stereocenters. The maximum absolute atomic E-state index is 13.1. The van der Waals surface area contributed by atoms with Crippen molar-refractivity contribution in [3.8, 4) is 6.07 Å². The maximum atomic E-state index is 13.1. The predicted molar refractivity (Wildman–Crippen MR) is 51.9 cm³/mol. The zero-order valence-corrected chi connectivity index (χ0v) is 7.94. The minimum Gasteiger partial charge on any atom is -0.322 e. The van der Waals surface area contributed by atoms with Gasteiger partial charge in [0.15, 0.2) is 0 Å². The van der Waals surface area contributed by atoms with Crippen LogP contribution >= 0.6 is 0 Å². The van der Waals surface area contributed by atoms with Crippen molar-refractivity contribution >= 4 is 17.3 Å². The Balaban J connectivity index is 2.95. The van der Waals surface area contributed by atoms with E-state index in [1.807, 2.05) is 0 Å². The predicted octanol–water partition coefficient (Wildman–Crippen LogP) is 1.59. The number of non-ortho nitro benzene ring substituents is 1. The van der Waals surface area contributed by atoms with Gasteiger partial charge >= 0.3 is 0 Å². The highest BCUT2D eigenvalue weighted by molar-refractivity contribution is 5.92. The van der Waals surface area contributed by atoms with Gasteiger partial charge in [0.25, 0.3) is 5.69 Å². The summed E-state index contributed by atoms with van der Waals surface area (Å²) in [6, 6.07) is 4.33. The van der Waals surface area contributed by atoms with Gasteiger partial charge < -0.3 is 5.32 Å². The molecule has 1 amide bonds. The first kappa shape index (κ1) is 11.6. The molecular formula is C9H6FN3O3. The van der Waals surface area contributed by atoms with Crippen LogP contribution in [-0.2, 0) is 4.79 Å². The highest BCUT2D eigenvalue weighted by atomic mass is 19.1. The molecule has 1 N–H and O–H groups in total. The van der Waals surface area contributed by atoms with E-state index in [0.717, 1.165) is 18.2 Å². The fourth-order valence-corrected chi connectivity index (χ4v) is 0.989. The second kappa shape index (κ2) is 4.84.